The molecule has 33 heavy (non-hydrogen) atoms. The van der Waals surface area contributed by atoms with E-state index in [-0.39, 0.29) is 24.0 Å². The minimum absolute atomic E-state index is 0.203. The fraction of sp³-hybridized carbons (Fsp3) is 0.208. The Kier molecular flexibility index (Phi) is 8.10. The SMILES string of the molecule is CCOC(=O)COc1c(Cl)cc(C=NNC(=O)c2cc3ccccc3cc2OC)cc1OC. The van der Waals surface area contributed by atoms with Crippen LogP contribution in [0.1, 0.15) is 22.8 Å². The van der Waals surface area contributed by atoms with Gasteiger partial charge in [0.25, 0.3) is 5.91 Å². The summed E-state index contributed by atoms with van der Waals surface area (Å²) in [6.45, 7) is 1.65. The fourth-order valence-electron chi connectivity index (χ4n) is 3.08. The molecule has 0 aliphatic heterocycles. The van der Waals surface area contributed by atoms with Crippen molar-refractivity contribution in [1.82, 2.24) is 5.43 Å². The summed E-state index contributed by atoms with van der Waals surface area (Å²) in [6.07, 6.45) is 1.41. The summed E-state index contributed by atoms with van der Waals surface area (Å²) in [6, 6.07) is 14.4. The molecule has 3 rings (SSSR count). The molecule has 0 aromatic heterocycles. The molecule has 8 nitrogen and oxygen atoms in total. The van der Waals surface area contributed by atoms with E-state index in [9.17, 15) is 9.59 Å². The highest BCUT2D eigenvalue weighted by atomic mass is 35.5. The Balaban J connectivity index is 1.74. The van der Waals surface area contributed by atoms with Crippen molar-refractivity contribution >= 4 is 40.5 Å². The van der Waals surface area contributed by atoms with Crippen molar-refractivity contribution in [3.05, 3.63) is 64.7 Å². The number of esters is 1. The first kappa shape index (κ1) is 23.9. The minimum atomic E-state index is -0.520. The lowest BCUT2D eigenvalue weighted by molar-refractivity contribution is -0.145. The number of amides is 1. The van der Waals surface area contributed by atoms with E-state index in [2.05, 4.69) is 10.5 Å². The molecule has 3 aromatic rings. The van der Waals surface area contributed by atoms with Gasteiger partial charge in [-0.3, -0.25) is 4.79 Å². The smallest absolute Gasteiger partial charge is 0.344 e. The van der Waals surface area contributed by atoms with Gasteiger partial charge in [-0.1, -0.05) is 35.9 Å². The highest BCUT2D eigenvalue weighted by molar-refractivity contribution is 6.32. The second-order valence-electron chi connectivity index (χ2n) is 6.73. The van der Waals surface area contributed by atoms with Crippen molar-refractivity contribution in [2.24, 2.45) is 5.10 Å². The molecule has 172 valence electrons. The number of fused-ring (bicyclic) bond motifs is 1. The first-order valence-electron chi connectivity index (χ1n) is 10.0. The first-order valence-corrected chi connectivity index (χ1v) is 10.4. The highest BCUT2D eigenvalue weighted by Crippen LogP contribution is 2.36. The van der Waals surface area contributed by atoms with E-state index in [1.165, 1.54) is 20.4 Å². The van der Waals surface area contributed by atoms with Gasteiger partial charge in [-0.05, 0) is 47.5 Å². The third kappa shape index (κ3) is 5.93. The van der Waals surface area contributed by atoms with Crippen LogP contribution in [-0.2, 0) is 9.53 Å². The van der Waals surface area contributed by atoms with Crippen LogP contribution in [0.25, 0.3) is 10.8 Å². The normalized spacial score (nSPS) is 10.8. The largest absolute Gasteiger partial charge is 0.496 e. The van der Waals surface area contributed by atoms with Crippen LogP contribution in [0.4, 0.5) is 0 Å². The zero-order valence-electron chi connectivity index (χ0n) is 18.4. The monoisotopic (exact) mass is 470 g/mol. The Bertz CT molecular complexity index is 1200. The van der Waals surface area contributed by atoms with E-state index in [0.29, 0.717) is 22.6 Å². The number of halogens is 1. The third-order valence-corrected chi connectivity index (χ3v) is 4.86. The molecule has 0 aliphatic carbocycles. The zero-order valence-corrected chi connectivity index (χ0v) is 19.1. The van der Waals surface area contributed by atoms with E-state index >= 15 is 0 Å². The molecule has 0 saturated carbocycles. The molecule has 1 N–H and O–H groups in total. The Labute approximate surface area is 196 Å². The first-order chi connectivity index (χ1) is 16.0. The summed E-state index contributed by atoms with van der Waals surface area (Å²) < 4.78 is 20.9. The van der Waals surface area contributed by atoms with Crippen LogP contribution in [0.15, 0.2) is 53.6 Å². The summed E-state index contributed by atoms with van der Waals surface area (Å²) in [5.74, 6) is -0.00584. The molecule has 0 spiro atoms. The number of nitrogens with zero attached hydrogens (tertiary/aromatic N) is 1. The van der Waals surface area contributed by atoms with Crippen LogP contribution in [-0.4, -0.2) is 45.5 Å². The van der Waals surface area contributed by atoms with Gasteiger partial charge < -0.3 is 18.9 Å². The number of hydrogen-bond donors (Lipinski definition) is 1. The topological polar surface area (TPSA) is 95.5 Å². The van der Waals surface area contributed by atoms with Gasteiger partial charge >= 0.3 is 5.97 Å². The molecule has 9 heteroatoms. The van der Waals surface area contributed by atoms with E-state index in [1.807, 2.05) is 24.3 Å². The van der Waals surface area contributed by atoms with Crippen LogP contribution >= 0.6 is 11.6 Å². The zero-order chi connectivity index (χ0) is 23.8. The van der Waals surface area contributed by atoms with Crippen molar-refractivity contribution in [2.45, 2.75) is 6.92 Å². The quantitative estimate of drug-likeness (QED) is 0.286. The number of benzene rings is 3. The number of carbonyl (C=O) groups is 2. The van der Waals surface area contributed by atoms with Crippen molar-refractivity contribution in [2.75, 3.05) is 27.4 Å². The molecule has 0 bridgehead atoms. The van der Waals surface area contributed by atoms with Crippen molar-refractivity contribution in [3.8, 4) is 17.2 Å². The summed E-state index contributed by atoms with van der Waals surface area (Å²) >= 11 is 6.28. The summed E-state index contributed by atoms with van der Waals surface area (Å²) in [7, 11) is 2.95. The van der Waals surface area contributed by atoms with Crippen molar-refractivity contribution in [1.29, 1.82) is 0 Å². The molecule has 1 amide bonds. The molecule has 0 radical (unpaired) electrons. The van der Waals surface area contributed by atoms with Crippen LogP contribution in [0, 0.1) is 0 Å². The molecular weight excluding hydrogens is 448 g/mol. The Morgan fingerprint density at radius 2 is 1.73 bits per heavy atom. The van der Waals surface area contributed by atoms with Gasteiger partial charge in [0.1, 0.15) is 5.75 Å². The number of rotatable bonds is 9. The lowest BCUT2D eigenvalue weighted by atomic mass is 10.1. The third-order valence-electron chi connectivity index (χ3n) is 4.58. The number of methoxy groups -OCH3 is 2. The maximum atomic E-state index is 12.7. The van der Waals surface area contributed by atoms with Crippen LogP contribution < -0.4 is 19.6 Å². The van der Waals surface area contributed by atoms with Crippen LogP contribution in [0.5, 0.6) is 17.2 Å². The molecule has 3 aromatic carbocycles. The molecule has 0 saturated heterocycles. The van der Waals surface area contributed by atoms with Gasteiger partial charge in [0.15, 0.2) is 18.1 Å². The summed E-state index contributed by atoms with van der Waals surface area (Å²) in [5.41, 5.74) is 3.39. The number of carbonyl (C=O) groups excluding carboxylic acids is 2. The Morgan fingerprint density at radius 3 is 2.39 bits per heavy atom. The van der Waals surface area contributed by atoms with Gasteiger partial charge in [0, 0.05) is 0 Å². The minimum Gasteiger partial charge on any atom is -0.496 e. The summed E-state index contributed by atoms with van der Waals surface area (Å²) in [4.78, 5) is 24.2. The predicted octanol–water partition coefficient (Wildman–Crippen LogP) is 4.22. The second-order valence-corrected chi connectivity index (χ2v) is 7.13. The maximum Gasteiger partial charge on any atom is 0.344 e. The molecule has 0 fully saturated rings. The van der Waals surface area contributed by atoms with Gasteiger partial charge in [0.05, 0.1) is 37.6 Å². The summed E-state index contributed by atoms with van der Waals surface area (Å²) in [5, 5.41) is 6.08. The lowest BCUT2D eigenvalue weighted by Crippen LogP contribution is -2.18. The van der Waals surface area contributed by atoms with Gasteiger partial charge in [-0.15, -0.1) is 0 Å². The van der Waals surface area contributed by atoms with E-state index in [0.717, 1.165) is 10.8 Å². The Morgan fingerprint density at radius 1 is 1.03 bits per heavy atom. The lowest BCUT2D eigenvalue weighted by Gasteiger charge is -2.12. The fourth-order valence-corrected chi connectivity index (χ4v) is 3.35. The standard InChI is InChI=1S/C24H23ClN2O6/c1-4-32-22(28)14-33-23-19(25)9-15(10-21(23)31-3)13-26-27-24(29)18-11-16-7-5-6-8-17(16)12-20(18)30-2/h5-13H,4,14H2,1-3H3,(H,27,29). The van der Waals surface area contributed by atoms with E-state index < -0.39 is 11.9 Å². The van der Waals surface area contributed by atoms with Crippen molar-refractivity contribution < 1.29 is 28.5 Å². The molecular formula is C24H23ClN2O6. The number of nitrogens with one attached hydrogen (secondary N) is 1. The van der Waals surface area contributed by atoms with Crippen molar-refractivity contribution in [3.63, 3.8) is 0 Å². The van der Waals surface area contributed by atoms with Gasteiger partial charge in [-0.2, -0.15) is 5.10 Å². The number of ether oxygens (including phenoxy) is 4. The van der Waals surface area contributed by atoms with Gasteiger partial charge in [-0.25, -0.2) is 10.2 Å². The Hall–Kier alpha value is -3.78. The maximum absolute atomic E-state index is 12.7. The van der Waals surface area contributed by atoms with E-state index in [4.69, 9.17) is 30.5 Å². The number of hydrogen-bond acceptors (Lipinski definition) is 7. The average molecular weight is 471 g/mol. The van der Waals surface area contributed by atoms with Gasteiger partial charge in [0.2, 0.25) is 0 Å². The van der Waals surface area contributed by atoms with Crippen LogP contribution in [0.2, 0.25) is 5.02 Å². The predicted molar refractivity (Wildman–Crippen MR) is 126 cm³/mol. The van der Waals surface area contributed by atoms with Crippen LogP contribution in [0.3, 0.4) is 0 Å². The molecule has 0 unspecified atom stereocenters. The highest BCUT2D eigenvalue weighted by Gasteiger charge is 2.15. The second kappa shape index (κ2) is 11.2. The molecule has 0 aliphatic rings. The average Bonchev–Trinajstić information content (AvgIpc) is 2.82. The molecule has 0 atom stereocenters. The van der Waals surface area contributed by atoms with E-state index in [1.54, 1.807) is 31.2 Å². The number of hydrazone groups is 1. The molecule has 0 heterocycles.